The fourth-order valence-corrected chi connectivity index (χ4v) is 14.2. The van der Waals surface area contributed by atoms with Crippen LogP contribution in [0.25, 0.3) is 0 Å². The van der Waals surface area contributed by atoms with Crippen molar-refractivity contribution in [3.63, 3.8) is 0 Å². The van der Waals surface area contributed by atoms with Gasteiger partial charge in [0.15, 0.2) is 23.7 Å². The first kappa shape index (κ1) is 62.2. The number of hydrogen-bond acceptors (Lipinski definition) is 12. The number of nitrogens with one attached hydrogen (secondary N) is 2. The topological polar surface area (TPSA) is 108 Å². The van der Waals surface area contributed by atoms with Crippen LogP contribution in [-0.4, -0.2) is 127 Å². The summed E-state index contributed by atoms with van der Waals surface area (Å²) < 4.78 is 35.8. The highest BCUT2D eigenvalue weighted by molar-refractivity contribution is 8.13. The third kappa shape index (κ3) is 21.4. The van der Waals surface area contributed by atoms with E-state index in [-0.39, 0.29) is 64.6 Å². The Kier molecular flexibility index (Phi) is 32.9. The normalized spacial score (nSPS) is 15.1. The van der Waals surface area contributed by atoms with E-state index in [1.165, 1.54) is 23.5 Å². The van der Waals surface area contributed by atoms with Gasteiger partial charge in [0.25, 0.3) is 10.5 Å². The molecule has 0 aliphatic heterocycles. The summed E-state index contributed by atoms with van der Waals surface area (Å²) in [5.41, 5.74) is -0.285. The maximum Gasteiger partial charge on any atom is 0.281 e. The molecular formula is C46H98N6O6P2S2. The van der Waals surface area contributed by atoms with Gasteiger partial charge in [-0.2, -0.15) is 0 Å². The fourth-order valence-electron chi connectivity index (χ4n) is 8.19. The Bertz CT molecular complexity index is 1060. The molecule has 0 rings (SSSR count). The summed E-state index contributed by atoms with van der Waals surface area (Å²) in [5, 5.41) is 6.46. The van der Waals surface area contributed by atoms with Crippen LogP contribution in [0.5, 0.6) is 0 Å². The standard InChI is InChI=1S/C46H98N6O6P2S2/c1-21-45(22-2,23-3)47-43(53)61-32-31-55-33-58-60(50(37(11)12)38(13)14)52(40(17)18)42(20)28-27-41(19)51(39(15)16)59(49(35(7)8)36(9)10)57-30-29-56-34-62-44(54)48-46(24-4,25-5)26-6/h35-42H,21-34H2,1-20H3,(H,47,53)(H,48,54). The van der Waals surface area contributed by atoms with Gasteiger partial charge in [-0.05, 0) is 160 Å². The molecule has 0 saturated carbocycles. The van der Waals surface area contributed by atoms with Gasteiger partial charge in [-0.3, -0.25) is 9.59 Å². The first-order valence-electron chi connectivity index (χ1n) is 24.1. The quantitative estimate of drug-likeness (QED) is 0.0359. The average molecular weight is 957 g/mol. The SMILES string of the molecule is CCC(CC)(CC)NC(=O)SCCOCOP(N(C(C)C)C(C)C)N(C(C)C)C(C)CCC(C)N(C(C)C)P(OCCOCSC(=O)NC(CC)(CC)CC)N(C(C)C)C(C)C. The maximum absolute atomic E-state index is 12.8. The molecule has 0 saturated heterocycles. The Morgan fingerprint density at radius 2 is 0.839 bits per heavy atom. The zero-order valence-corrected chi connectivity index (χ0v) is 46.9. The first-order chi connectivity index (χ1) is 29.1. The maximum atomic E-state index is 12.8. The van der Waals surface area contributed by atoms with Crippen LogP contribution < -0.4 is 10.6 Å². The fraction of sp³-hybridized carbons (Fsp3) is 0.957. The van der Waals surface area contributed by atoms with Gasteiger partial charge in [0, 0.05) is 65.2 Å². The average Bonchev–Trinajstić information content (AvgIpc) is 3.19. The molecule has 0 aromatic rings. The second-order valence-corrected chi connectivity index (χ2v) is 23.7. The lowest BCUT2D eigenvalue weighted by Gasteiger charge is -2.48. The van der Waals surface area contributed by atoms with Crippen molar-refractivity contribution in [3.8, 4) is 0 Å². The molecule has 0 aliphatic carbocycles. The van der Waals surface area contributed by atoms with E-state index in [0.29, 0.717) is 43.6 Å². The molecule has 0 spiro atoms. The zero-order chi connectivity index (χ0) is 47.8. The van der Waals surface area contributed by atoms with E-state index in [2.05, 4.69) is 168 Å². The van der Waals surface area contributed by atoms with Crippen molar-refractivity contribution in [1.29, 1.82) is 0 Å². The summed E-state index contributed by atoms with van der Waals surface area (Å²) in [6.07, 6.45) is 7.47. The number of carbonyl (C=O) groups is 2. The largest absolute Gasteiger partial charge is 0.368 e. The van der Waals surface area contributed by atoms with Gasteiger partial charge in [0.1, 0.15) is 5.94 Å². The van der Waals surface area contributed by atoms with E-state index in [1.807, 2.05) is 0 Å². The van der Waals surface area contributed by atoms with Gasteiger partial charge in [0.05, 0.1) is 19.8 Å². The van der Waals surface area contributed by atoms with Crippen LogP contribution in [0.2, 0.25) is 0 Å². The van der Waals surface area contributed by atoms with Crippen molar-refractivity contribution in [2.75, 3.05) is 38.3 Å². The Morgan fingerprint density at radius 1 is 0.484 bits per heavy atom. The van der Waals surface area contributed by atoms with Crippen LogP contribution >= 0.6 is 40.4 Å². The molecule has 0 radical (unpaired) electrons. The smallest absolute Gasteiger partial charge is 0.281 e. The second kappa shape index (κ2) is 32.8. The molecule has 4 atom stereocenters. The minimum absolute atomic E-state index is 0.0156. The summed E-state index contributed by atoms with van der Waals surface area (Å²) in [6, 6.07) is 2.14. The zero-order valence-electron chi connectivity index (χ0n) is 43.5. The van der Waals surface area contributed by atoms with E-state index in [0.717, 1.165) is 51.4 Å². The Morgan fingerprint density at radius 3 is 1.19 bits per heavy atom. The second-order valence-electron chi connectivity index (χ2n) is 18.4. The van der Waals surface area contributed by atoms with Crippen molar-refractivity contribution < 1.29 is 28.1 Å². The third-order valence-electron chi connectivity index (χ3n) is 12.1. The summed E-state index contributed by atoms with van der Waals surface area (Å²) in [4.78, 5) is 25.5. The van der Waals surface area contributed by atoms with Crippen molar-refractivity contribution in [3.05, 3.63) is 0 Å². The van der Waals surface area contributed by atoms with Crippen molar-refractivity contribution in [1.82, 2.24) is 29.3 Å². The van der Waals surface area contributed by atoms with Gasteiger partial charge in [0.2, 0.25) is 0 Å². The van der Waals surface area contributed by atoms with Crippen molar-refractivity contribution >= 4 is 50.9 Å². The molecule has 62 heavy (non-hydrogen) atoms. The Hall–Kier alpha value is 0.180. The minimum Gasteiger partial charge on any atom is -0.368 e. The summed E-state index contributed by atoms with van der Waals surface area (Å²) in [7, 11) is -2.27. The monoisotopic (exact) mass is 957 g/mol. The predicted octanol–water partition coefficient (Wildman–Crippen LogP) is 13.5. The van der Waals surface area contributed by atoms with Gasteiger partial charge in [-0.15, -0.1) is 0 Å². The highest BCUT2D eigenvalue weighted by Crippen LogP contribution is 2.53. The Labute approximate surface area is 394 Å². The summed E-state index contributed by atoms with van der Waals surface area (Å²) in [6.45, 7) is 46.1. The van der Waals surface area contributed by atoms with Crippen LogP contribution in [0.4, 0.5) is 9.59 Å². The van der Waals surface area contributed by atoms with Gasteiger partial charge in [-0.25, -0.2) is 18.7 Å². The van der Waals surface area contributed by atoms with Crippen molar-refractivity contribution in [2.45, 2.75) is 249 Å². The van der Waals surface area contributed by atoms with Gasteiger partial charge in [-0.1, -0.05) is 53.3 Å². The molecule has 0 aromatic carbocycles. The number of nitrogens with zero attached hydrogens (tertiary/aromatic N) is 4. The van der Waals surface area contributed by atoms with Gasteiger partial charge >= 0.3 is 0 Å². The molecule has 0 bridgehead atoms. The van der Waals surface area contributed by atoms with Crippen molar-refractivity contribution in [2.24, 2.45) is 0 Å². The molecule has 12 nitrogen and oxygen atoms in total. The van der Waals surface area contributed by atoms with Crippen LogP contribution in [0, 0.1) is 0 Å². The number of rotatable bonds is 35. The summed E-state index contributed by atoms with van der Waals surface area (Å²) >= 11 is 2.48. The van der Waals surface area contributed by atoms with E-state index < -0.39 is 16.9 Å². The third-order valence-corrected chi connectivity index (χ3v) is 19.4. The number of carbonyl (C=O) groups excluding carboxylic acids is 2. The van der Waals surface area contributed by atoms with Crippen LogP contribution in [0.3, 0.4) is 0 Å². The van der Waals surface area contributed by atoms with E-state index in [4.69, 9.17) is 18.5 Å². The van der Waals surface area contributed by atoms with E-state index in [9.17, 15) is 9.59 Å². The molecule has 0 aromatic heterocycles. The molecule has 2 amide bonds. The molecule has 4 unspecified atom stereocenters. The molecule has 0 heterocycles. The lowest BCUT2D eigenvalue weighted by molar-refractivity contribution is 0.0146. The minimum atomic E-state index is -1.16. The molecule has 0 aliphatic rings. The predicted molar refractivity (Wildman–Crippen MR) is 273 cm³/mol. The molecule has 0 fully saturated rings. The first-order valence-corrected chi connectivity index (χ1v) is 28.4. The van der Waals surface area contributed by atoms with Crippen LogP contribution in [-0.2, 0) is 18.5 Å². The Balaban J connectivity index is 5.95. The highest BCUT2D eigenvalue weighted by Gasteiger charge is 2.39. The lowest BCUT2D eigenvalue weighted by atomic mass is 9.90. The van der Waals surface area contributed by atoms with E-state index >= 15 is 0 Å². The highest BCUT2D eigenvalue weighted by atomic mass is 32.2. The van der Waals surface area contributed by atoms with Crippen LogP contribution in [0.15, 0.2) is 0 Å². The molecular weight excluding hydrogens is 859 g/mol. The number of amides is 2. The number of hydrogen-bond donors (Lipinski definition) is 2. The molecule has 370 valence electrons. The van der Waals surface area contributed by atoms with E-state index in [1.54, 1.807) is 0 Å². The lowest BCUT2D eigenvalue weighted by Crippen LogP contribution is -2.46. The number of thioether (sulfide) groups is 2. The van der Waals surface area contributed by atoms with Crippen LogP contribution in [0.1, 0.15) is 190 Å². The van der Waals surface area contributed by atoms with Gasteiger partial charge < -0.3 is 29.2 Å². The molecule has 2 N–H and O–H groups in total. The molecule has 16 heteroatoms. The number of ether oxygens (including phenoxy) is 2. The summed E-state index contributed by atoms with van der Waals surface area (Å²) in [5.74, 6) is 0.874.